The van der Waals surface area contributed by atoms with Gasteiger partial charge in [-0.25, -0.2) is 9.59 Å². The number of carbonyl (C=O) groups excluding carboxylic acids is 1. The highest BCUT2D eigenvalue weighted by Gasteiger charge is 2.51. The van der Waals surface area contributed by atoms with E-state index >= 15 is 0 Å². The van der Waals surface area contributed by atoms with Gasteiger partial charge in [0.1, 0.15) is 5.60 Å². The highest BCUT2D eigenvalue weighted by atomic mass is 16.6. The third kappa shape index (κ3) is 3.60. The molecular weight excluding hydrogens is 238 g/mol. The molecule has 1 amide bonds. The van der Waals surface area contributed by atoms with Crippen LogP contribution >= 0.6 is 0 Å². The van der Waals surface area contributed by atoms with Crippen LogP contribution in [0.1, 0.15) is 41.0 Å². The topological polar surface area (TPSA) is 84.9 Å². The van der Waals surface area contributed by atoms with Gasteiger partial charge in [0.15, 0.2) is 5.54 Å². The summed E-state index contributed by atoms with van der Waals surface area (Å²) in [5.74, 6) is -1.11. The molecule has 1 fully saturated rings. The van der Waals surface area contributed by atoms with E-state index in [9.17, 15) is 14.7 Å². The normalized spacial score (nSPS) is 26.7. The van der Waals surface area contributed by atoms with E-state index in [2.05, 4.69) is 5.32 Å². The van der Waals surface area contributed by atoms with Crippen LogP contribution in [0.2, 0.25) is 0 Å². The van der Waals surface area contributed by atoms with Crippen LogP contribution in [-0.2, 0) is 14.3 Å². The molecule has 0 radical (unpaired) electrons. The number of ether oxygens (including phenoxy) is 2. The minimum atomic E-state index is -1.41. The Morgan fingerprint density at radius 2 is 1.89 bits per heavy atom. The van der Waals surface area contributed by atoms with Crippen molar-refractivity contribution < 1.29 is 24.2 Å². The molecule has 1 heterocycles. The summed E-state index contributed by atoms with van der Waals surface area (Å²) in [7, 11) is 0. The summed E-state index contributed by atoms with van der Waals surface area (Å²) in [4.78, 5) is 23.0. The molecule has 104 valence electrons. The molecule has 1 aliphatic rings. The van der Waals surface area contributed by atoms with Crippen LogP contribution in [0, 0.1) is 0 Å². The molecule has 1 aliphatic heterocycles. The van der Waals surface area contributed by atoms with Crippen LogP contribution in [0.25, 0.3) is 0 Å². The van der Waals surface area contributed by atoms with Crippen LogP contribution in [-0.4, -0.2) is 40.5 Å². The molecule has 0 aliphatic carbocycles. The summed E-state index contributed by atoms with van der Waals surface area (Å²) in [6.45, 7) is 8.66. The van der Waals surface area contributed by atoms with E-state index in [0.29, 0.717) is 0 Å². The van der Waals surface area contributed by atoms with Gasteiger partial charge in [-0.1, -0.05) is 0 Å². The van der Waals surface area contributed by atoms with Gasteiger partial charge < -0.3 is 19.9 Å². The van der Waals surface area contributed by atoms with E-state index in [1.165, 1.54) is 0 Å². The summed E-state index contributed by atoms with van der Waals surface area (Å²) in [5.41, 5.74) is -2.65. The third-order valence-electron chi connectivity index (χ3n) is 2.59. The monoisotopic (exact) mass is 259 g/mol. The number of carboxylic acid groups (broad SMARTS) is 1. The Morgan fingerprint density at radius 3 is 2.22 bits per heavy atom. The fraction of sp³-hybridized carbons (Fsp3) is 0.833. The number of carboxylic acids is 1. The van der Waals surface area contributed by atoms with Crippen molar-refractivity contribution in [1.29, 1.82) is 0 Å². The molecule has 1 atom stereocenters. The number of hydrogen-bond acceptors (Lipinski definition) is 4. The molecule has 0 aromatic rings. The average Bonchev–Trinajstić information content (AvgIpc) is 2.39. The maximum absolute atomic E-state index is 11.7. The molecule has 0 unspecified atom stereocenters. The summed E-state index contributed by atoms with van der Waals surface area (Å²) < 4.78 is 10.5. The second-order valence-corrected chi connectivity index (χ2v) is 6.24. The van der Waals surface area contributed by atoms with Crippen molar-refractivity contribution in [1.82, 2.24) is 5.32 Å². The maximum Gasteiger partial charge on any atom is 0.408 e. The van der Waals surface area contributed by atoms with Crippen molar-refractivity contribution in [3.05, 3.63) is 0 Å². The fourth-order valence-electron chi connectivity index (χ4n) is 1.92. The summed E-state index contributed by atoms with van der Waals surface area (Å²) >= 11 is 0. The Bertz CT molecular complexity index is 358. The molecule has 1 rings (SSSR count). The van der Waals surface area contributed by atoms with E-state index < -0.39 is 28.8 Å². The maximum atomic E-state index is 11.7. The number of rotatable bonds is 2. The van der Waals surface area contributed by atoms with Crippen molar-refractivity contribution >= 4 is 12.1 Å². The molecule has 6 nitrogen and oxygen atoms in total. The number of carbonyl (C=O) groups is 2. The number of alkyl carbamates (subject to hydrolysis) is 1. The quantitative estimate of drug-likeness (QED) is 0.785. The zero-order chi connectivity index (χ0) is 14.2. The summed E-state index contributed by atoms with van der Waals surface area (Å²) in [5, 5.41) is 11.7. The molecule has 2 N–H and O–H groups in total. The first-order chi connectivity index (χ1) is 7.96. The zero-order valence-electron chi connectivity index (χ0n) is 11.5. The van der Waals surface area contributed by atoms with Crippen molar-refractivity contribution in [3.8, 4) is 0 Å². The first-order valence-electron chi connectivity index (χ1n) is 5.84. The Kier molecular flexibility index (Phi) is 3.63. The third-order valence-corrected chi connectivity index (χ3v) is 2.59. The first kappa shape index (κ1) is 14.8. The van der Waals surface area contributed by atoms with Crippen molar-refractivity contribution in [3.63, 3.8) is 0 Å². The highest BCUT2D eigenvalue weighted by Crippen LogP contribution is 2.33. The number of hydrogen-bond donors (Lipinski definition) is 2. The fourth-order valence-corrected chi connectivity index (χ4v) is 1.92. The predicted octanol–water partition coefficient (Wildman–Crippen LogP) is 1.53. The van der Waals surface area contributed by atoms with Gasteiger partial charge in [0.05, 0.1) is 12.2 Å². The Morgan fingerprint density at radius 1 is 1.33 bits per heavy atom. The molecule has 18 heavy (non-hydrogen) atoms. The van der Waals surface area contributed by atoms with E-state index in [1.54, 1.807) is 34.6 Å². The highest BCUT2D eigenvalue weighted by molar-refractivity contribution is 5.85. The molecule has 0 aromatic heterocycles. The summed E-state index contributed by atoms with van der Waals surface area (Å²) in [6.07, 6.45) is -0.541. The van der Waals surface area contributed by atoms with Crippen LogP contribution in [0.5, 0.6) is 0 Å². The molecule has 6 heteroatoms. The second kappa shape index (κ2) is 4.42. The molecule has 1 saturated heterocycles. The number of amides is 1. The average molecular weight is 259 g/mol. The van der Waals surface area contributed by atoms with Crippen molar-refractivity contribution in [2.45, 2.75) is 57.8 Å². The van der Waals surface area contributed by atoms with Gasteiger partial charge in [-0.05, 0) is 34.6 Å². The van der Waals surface area contributed by atoms with Gasteiger partial charge >= 0.3 is 12.1 Å². The minimum absolute atomic E-state index is 0.0609. The molecule has 0 aromatic carbocycles. The number of nitrogens with one attached hydrogen (secondary N) is 1. The lowest BCUT2D eigenvalue weighted by molar-refractivity contribution is -0.144. The summed E-state index contributed by atoms with van der Waals surface area (Å²) in [6, 6.07) is 0. The predicted molar refractivity (Wildman–Crippen MR) is 64.4 cm³/mol. The van der Waals surface area contributed by atoms with Gasteiger partial charge in [0.2, 0.25) is 0 Å². The molecule has 0 saturated carbocycles. The molecule has 0 spiro atoms. The van der Waals surface area contributed by atoms with Gasteiger partial charge in [0.25, 0.3) is 0 Å². The van der Waals surface area contributed by atoms with E-state index in [0.717, 1.165) is 0 Å². The van der Waals surface area contributed by atoms with E-state index in [-0.39, 0.29) is 13.0 Å². The van der Waals surface area contributed by atoms with Crippen LogP contribution in [0.4, 0.5) is 4.79 Å². The van der Waals surface area contributed by atoms with Crippen molar-refractivity contribution in [2.75, 3.05) is 6.61 Å². The second-order valence-electron chi connectivity index (χ2n) is 6.24. The van der Waals surface area contributed by atoms with Gasteiger partial charge in [-0.2, -0.15) is 0 Å². The Hall–Kier alpha value is -1.30. The Balaban J connectivity index is 2.78. The molecule has 0 bridgehead atoms. The largest absolute Gasteiger partial charge is 0.479 e. The SMILES string of the molecule is CC(C)(C)OC(=O)N[C@@]1(C(=O)O)COC(C)(C)C1. The van der Waals surface area contributed by atoms with Crippen molar-refractivity contribution in [2.24, 2.45) is 0 Å². The van der Waals surface area contributed by atoms with Crippen LogP contribution in [0.15, 0.2) is 0 Å². The lowest BCUT2D eigenvalue weighted by Crippen LogP contribution is -2.56. The van der Waals surface area contributed by atoms with Gasteiger partial charge in [-0.15, -0.1) is 0 Å². The van der Waals surface area contributed by atoms with Crippen LogP contribution in [0.3, 0.4) is 0 Å². The zero-order valence-corrected chi connectivity index (χ0v) is 11.5. The van der Waals surface area contributed by atoms with Gasteiger partial charge in [-0.3, -0.25) is 0 Å². The standard InChI is InChI=1S/C12H21NO5/c1-10(2,3)18-9(16)13-12(8(14)15)6-11(4,5)17-7-12/h6-7H2,1-5H3,(H,13,16)(H,14,15)/t12-/m1/s1. The number of aliphatic carboxylic acids is 1. The lowest BCUT2D eigenvalue weighted by Gasteiger charge is -2.27. The van der Waals surface area contributed by atoms with Gasteiger partial charge in [0, 0.05) is 6.42 Å². The Labute approximate surface area is 107 Å². The minimum Gasteiger partial charge on any atom is -0.479 e. The first-order valence-corrected chi connectivity index (χ1v) is 5.84. The van der Waals surface area contributed by atoms with E-state index in [4.69, 9.17) is 9.47 Å². The molecular formula is C12H21NO5. The smallest absolute Gasteiger partial charge is 0.408 e. The lowest BCUT2D eigenvalue weighted by atomic mass is 9.90. The van der Waals surface area contributed by atoms with Crippen LogP contribution < -0.4 is 5.32 Å². The van der Waals surface area contributed by atoms with E-state index in [1.807, 2.05) is 0 Å².